The maximum absolute atomic E-state index is 13.6. The SMILES string of the molecule is CC1CCC(C(Cc2cccc(F)c2F)NN)C1. The van der Waals surface area contributed by atoms with Gasteiger partial charge in [-0.25, -0.2) is 8.78 Å². The average molecular weight is 254 g/mol. The van der Waals surface area contributed by atoms with Crippen molar-refractivity contribution in [3.63, 3.8) is 0 Å². The van der Waals surface area contributed by atoms with E-state index in [9.17, 15) is 8.78 Å². The van der Waals surface area contributed by atoms with E-state index in [2.05, 4.69) is 12.3 Å². The van der Waals surface area contributed by atoms with E-state index in [1.54, 1.807) is 12.1 Å². The first-order valence-corrected chi connectivity index (χ1v) is 6.50. The van der Waals surface area contributed by atoms with Gasteiger partial charge in [0, 0.05) is 6.04 Å². The summed E-state index contributed by atoms with van der Waals surface area (Å²) in [6, 6.07) is 4.33. The predicted molar refractivity (Wildman–Crippen MR) is 67.7 cm³/mol. The zero-order valence-electron chi connectivity index (χ0n) is 10.6. The molecule has 0 bridgehead atoms. The lowest BCUT2D eigenvalue weighted by molar-refractivity contribution is 0.348. The Bertz CT molecular complexity index is 409. The summed E-state index contributed by atoms with van der Waals surface area (Å²) in [6.07, 6.45) is 3.84. The lowest BCUT2D eigenvalue weighted by Crippen LogP contribution is -2.42. The fourth-order valence-electron chi connectivity index (χ4n) is 2.92. The molecule has 1 saturated carbocycles. The maximum Gasteiger partial charge on any atom is 0.162 e. The van der Waals surface area contributed by atoms with E-state index in [1.807, 2.05) is 0 Å². The number of nitrogens with one attached hydrogen (secondary N) is 1. The van der Waals surface area contributed by atoms with Gasteiger partial charge in [-0.1, -0.05) is 25.5 Å². The zero-order valence-corrected chi connectivity index (χ0v) is 10.6. The molecule has 0 radical (unpaired) electrons. The van der Waals surface area contributed by atoms with Crippen molar-refractivity contribution in [3.05, 3.63) is 35.4 Å². The van der Waals surface area contributed by atoms with Crippen molar-refractivity contribution in [2.24, 2.45) is 17.7 Å². The number of hydrogen-bond acceptors (Lipinski definition) is 2. The molecule has 0 heterocycles. The van der Waals surface area contributed by atoms with Gasteiger partial charge in [-0.05, 0) is 42.7 Å². The smallest absolute Gasteiger partial charge is 0.162 e. The van der Waals surface area contributed by atoms with Crippen molar-refractivity contribution in [1.29, 1.82) is 0 Å². The number of nitrogens with two attached hydrogens (primary N) is 1. The van der Waals surface area contributed by atoms with E-state index in [4.69, 9.17) is 5.84 Å². The van der Waals surface area contributed by atoms with Crippen LogP contribution >= 0.6 is 0 Å². The first-order chi connectivity index (χ1) is 8.61. The fourth-order valence-corrected chi connectivity index (χ4v) is 2.92. The second-order valence-corrected chi connectivity index (χ2v) is 5.37. The highest BCUT2D eigenvalue weighted by molar-refractivity contribution is 5.20. The highest BCUT2D eigenvalue weighted by Gasteiger charge is 2.29. The number of benzene rings is 1. The van der Waals surface area contributed by atoms with Gasteiger partial charge < -0.3 is 0 Å². The minimum Gasteiger partial charge on any atom is -0.271 e. The molecule has 3 atom stereocenters. The normalized spacial score (nSPS) is 25.3. The minimum absolute atomic E-state index is 0.0197. The molecule has 1 aliphatic carbocycles. The van der Waals surface area contributed by atoms with E-state index in [0.717, 1.165) is 18.9 Å². The van der Waals surface area contributed by atoms with Crippen LogP contribution in [0.1, 0.15) is 31.7 Å². The Morgan fingerprint density at radius 2 is 2.17 bits per heavy atom. The van der Waals surface area contributed by atoms with Crippen LogP contribution in [0.15, 0.2) is 18.2 Å². The molecule has 0 aromatic heterocycles. The Morgan fingerprint density at radius 3 is 2.78 bits per heavy atom. The summed E-state index contributed by atoms with van der Waals surface area (Å²) < 4.78 is 26.8. The summed E-state index contributed by atoms with van der Waals surface area (Å²) in [6.45, 7) is 2.22. The quantitative estimate of drug-likeness (QED) is 0.640. The number of halogens is 2. The Labute approximate surface area is 107 Å². The van der Waals surface area contributed by atoms with Crippen molar-refractivity contribution in [1.82, 2.24) is 5.43 Å². The summed E-state index contributed by atoms with van der Waals surface area (Å²) in [5.74, 6) is 5.18. The van der Waals surface area contributed by atoms with Gasteiger partial charge in [0.1, 0.15) is 0 Å². The third kappa shape index (κ3) is 2.87. The lowest BCUT2D eigenvalue weighted by atomic mass is 9.92. The van der Waals surface area contributed by atoms with Crippen molar-refractivity contribution >= 4 is 0 Å². The average Bonchev–Trinajstić information content (AvgIpc) is 2.78. The van der Waals surface area contributed by atoms with Gasteiger partial charge in [0.15, 0.2) is 11.6 Å². The van der Waals surface area contributed by atoms with Crippen LogP contribution in [-0.2, 0) is 6.42 Å². The molecule has 18 heavy (non-hydrogen) atoms. The van der Waals surface area contributed by atoms with Crippen LogP contribution in [0.25, 0.3) is 0 Å². The third-order valence-corrected chi connectivity index (χ3v) is 3.99. The summed E-state index contributed by atoms with van der Waals surface area (Å²) in [7, 11) is 0. The third-order valence-electron chi connectivity index (χ3n) is 3.99. The van der Waals surface area contributed by atoms with Gasteiger partial charge in [0.25, 0.3) is 0 Å². The summed E-state index contributed by atoms with van der Waals surface area (Å²) in [5, 5.41) is 0. The second-order valence-electron chi connectivity index (χ2n) is 5.37. The van der Waals surface area contributed by atoms with Crippen LogP contribution in [0.3, 0.4) is 0 Å². The monoisotopic (exact) mass is 254 g/mol. The van der Waals surface area contributed by atoms with Crippen LogP contribution in [-0.4, -0.2) is 6.04 Å². The summed E-state index contributed by atoms with van der Waals surface area (Å²) in [5.41, 5.74) is 3.17. The van der Waals surface area contributed by atoms with E-state index in [-0.39, 0.29) is 6.04 Å². The minimum atomic E-state index is -0.789. The molecule has 3 unspecified atom stereocenters. The van der Waals surface area contributed by atoms with Gasteiger partial charge in [0.2, 0.25) is 0 Å². The Balaban J connectivity index is 2.08. The molecule has 0 amide bonds. The molecular formula is C14H20F2N2. The Hall–Kier alpha value is -1.00. The first kappa shape index (κ1) is 13.4. The van der Waals surface area contributed by atoms with Crippen molar-refractivity contribution in [2.75, 3.05) is 0 Å². The molecular weight excluding hydrogens is 234 g/mol. The molecule has 2 rings (SSSR count). The van der Waals surface area contributed by atoms with Crippen LogP contribution < -0.4 is 11.3 Å². The van der Waals surface area contributed by atoms with Crippen molar-refractivity contribution in [3.8, 4) is 0 Å². The van der Waals surface area contributed by atoms with Crippen molar-refractivity contribution < 1.29 is 8.78 Å². The van der Waals surface area contributed by atoms with Gasteiger partial charge in [-0.15, -0.1) is 0 Å². The second kappa shape index (κ2) is 5.76. The van der Waals surface area contributed by atoms with Gasteiger partial charge >= 0.3 is 0 Å². The molecule has 2 nitrogen and oxygen atoms in total. The molecule has 1 aromatic carbocycles. The number of hydrazine groups is 1. The molecule has 0 aliphatic heterocycles. The molecule has 0 saturated heterocycles. The maximum atomic E-state index is 13.6. The number of hydrogen-bond donors (Lipinski definition) is 2. The molecule has 3 N–H and O–H groups in total. The first-order valence-electron chi connectivity index (χ1n) is 6.50. The fraction of sp³-hybridized carbons (Fsp3) is 0.571. The summed E-state index contributed by atoms with van der Waals surface area (Å²) in [4.78, 5) is 0. The topological polar surface area (TPSA) is 38.0 Å². The van der Waals surface area contributed by atoms with E-state index in [1.165, 1.54) is 6.42 Å². The van der Waals surface area contributed by atoms with Crippen LogP contribution in [0, 0.1) is 23.5 Å². The standard InChI is InChI=1S/C14H20F2N2/c1-9-5-6-10(7-9)13(18-17)8-11-3-2-4-12(15)14(11)16/h2-4,9-10,13,18H,5-8,17H2,1H3. The van der Waals surface area contributed by atoms with Crippen LogP contribution in [0.4, 0.5) is 8.78 Å². The number of rotatable bonds is 4. The highest BCUT2D eigenvalue weighted by Crippen LogP contribution is 2.33. The molecule has 1 fully saturated rings. The molecule has 1 aliphatic rings. The van der Waals surface area contributed by atoms with Crippen molar-refractivity contribution in [2.45, 2.75) is 38.6 Å². The predicted octanol–water partition coefficient (Wildman–Crippen LogP) is 2.78. The Kier molecular flexibility index (Phi) is 4.30. The van der Waals surface area contributed by atoms with Gasteiger partial charge in [-0.2, -0.15) is 0 Å². The Morgan fingerprint density at radius 1 is 1.39 bits per heavy atom. The molecule has 4 heteroatoms. The molecule has 1 aromatic rings. The largest absolute Gasteiger partial charge is 0.271 e. The van der Waals surface area contributed by atoms with Gasteiger partial charge in [0.05, 0.1) is 0 Å². The lowest BCUT2D eigenvalue weighted by Gasteiger charge is -2.23. The van der Waals surface area contributed by atoms with E-state index in [0.29, 0.717) is 23.8 Å². The van der Waals surface area contributed by atoms with Gasteiger partial charge in [-0.3, -0.25) is 11.3 Å². The zero-order chi connectivity index (χ0) is 13.1. The molecule has 0 spiro atoms. The highest BCUT2D eigenvalue weighted by atomic mass is 19.2. The van der Waals surface area contributed by atoms with E-state index >= 15 is 0 Å². The summed E-state index contributed by atoms with van der Waals surface area (Å²) >= 11 is 0. The van der Waals surface area contributed by atoms with Crippen LogP contribution in [0.5, 0.6) is 0 Å². The van der Waals surface area contributed by atoms with Crippen LogP contribution in [0.2, 0.25) is 0 Å². The molecule has 100 valence electrons. The van der Waals surface area contributed by atoms with E-state index < -0.39 is 11.6 Å².